The van der Waals surface area contributed by atoms with Crippen molar-refractivity contribution in [3.8, 4) is 0 Å². The third-order valence-corrected chi connectivity index (χ3v) is 4.03. The van der Waals surface area contributed by atoms with Gasteiger partial charge in [-0.25, -0.2) is 0 Å². The summed E-state index contributed by atoms with van der Waals surface area (Å²) in [7, 11) is 3.16. The highest BCUT2D eigenvalue weighted by molar-refractivity contribution is 6.30. The summed E-state index contributed by atoms with van der Waals surface area (Å²) in [4.78, 5) is 27.3. The maximum absolute atomic E-state index is 13.0. The van der Waals surface area contributed by atoms with Gasteiger partial charge in [0.2, 0.25) is 0 Å². The highest BCUT2D eigenvalue weighted by Crippen LogP contribution is 2.17. The van der Waals surface area contributed by atoms with Crippen LogP contribution in [0.5, 0.6) is 0 Å². The number of halogens is 1. The van der Waals surface area contributed by atoms with Crippen LogP contribution in [0.2, 0.25) is 5.02 Å². The molecule has 1 amide bonds. The molecule has 1 unspecified atom stereocenters. The van der Waals surface area contributed by atoms with Gasteiger partial charge in [-0.15, -0.1) is 0 Å². The van der Waals surface area contributed by atoms with E-state index >= 15 is 0 Å². The zero-order chi connectivity index (χ0) is 18.2. The molecule has 0 radical (unpaired) electrons. The van der Waals surface area contributed by atoms with E-state index in [9.17, 15) is 9.59 Å². The van der Waals surface area contributed by atoms with Gasteiger partial charge in [-0.1, -0.05) is 29.8 Å². The molecular formula is C19H21ClN2O3. The molecule has 0 fully saturated rings. The van der Waals surface area contributed by atoms with E-state index in [1.807, 2.05) is 30.3 Å². The molecule has 132 valence electrons. The molecule has 0 aliphatic rings. The number of likely N-dealkylation sites (N-methyl/N-ethyl adjacent to an activating group) is 1. The minimum atomic E-state index is -0.988. The lowest BCUT2D eigenvalue weighted by atomic mass is 10.0. The van der Waals surface area contributed by atoms with Crippen LogP contribution in [0, 0.1) is 0 Å². The molecule has 2 aromatic rings. The highest BCUT2D eigenvalue weighted by atomic mass is 35.5. The number of amides is 1. The summed E-state index contributed by atoms with van der Waals surface area (Å²) >= 11 is 5.86. The van der Waals surface area contributed by atoms with Gasteiger partial charge in [0.1, 0.15) is 0 Å². The van der Waals surface area contributed by atoms with Crippen molar-refractivity contribution in [2.45, 2.75) is 6.04 Å². The monoisotopic (exact) mass is 360 g/mol. The van der Waals surface area contributed by atoms with Crippen molar-refractivity contribution in [2.24, 2.45) is 0 Å². The van der Waals surface area contributed by atoms with Gasteiger partial charge in [-0.05, 0) is 43.4 Å². The van der Waals surface area contributed by atoms with Crippen LogP contribution in [0.1, 0.15) is 10.4 Å². The van der Waals surface area contributed by atoms with Gasteiger partial charge < -0.3 is 15.0 Å². The Bertz CT molecular complexity index is 704. The fraction of sp³-hybridized carbons (Fsp3) is 0.263. The van der Waals surface area contributed by atoms with Crippen LogP contribution in [0.3, 0.4) is 0 Å². The number of carbonyl (C=O) groups is 2. The minimum Gasteiger partial charge on any atom is -0.383 e. The lowest BCUT2D eigenvalue weighted by molar-refractivity contribution is -0.119. The Balaban J connectivity index is 2.27. The Morgan fingerprint density at radius 1 is 1.12 bits per heavy atom. The molecule has 6 heteroatoms. The predicted octanol–water partition coefficient (Wildman–Crippen LogP) is 2.79. The van der Waals surface area contributed by atoms with Crippen LogP contribution in [0.25, 0.3) is 0 Å². The number of nitrogens with zero attached hydrogens (tertiary/aromatic N) is 1. The Morgan fingerprint density at radius 2 is 1.76 bits per heavy atom. The summed E-state index contributed by atoms with van der Waals surface area (Å²) in [5.41, 5.74) is 1.14. The van der Waals surface area contributed by atoms with Crippen molar-refractivity contribution in [3.05, 3.63) is 65.2 Å². The van der Waals surface area contributed by atoms with Crippen molar-refractivity contribution < 1.29 is 14.3 Å². The summed E-state index contributed by atoms with van der Waals surface area (Å²) < 4.78 is 5.10. The van der Waals surface area contributed by atoms with E-state index in [-0.39, 0.29) is 11.7 Å². The molecule has 1 N–H and O–H groups in total. The number of benzene rings is 2. The number of anilines is 1. The Morgan fingerprint density at radius 3 is 2.32 bits per heavy atom. The molecule has 5 nitrogen and oxygen atoms in total. The van der Waals surface area contributed by atoms with Crippen molar-refractivity contribution in [2.75, 3.05) is 32.2 Å². The van der Waals surface area contributed by atoms with Crippen LogP contribution in [-0.4, -0.2) is 45.0 Å². The van der Waals surface area contributed by atoms with Gasteiger partial charge in [0, 0.05) is 29.9 Å². The first-order chi connectivity index (χ1) is 12.1. The first-order valence-corrected chi connectivity index (χ1v) is 8.28. The second-order valence-electron chi connectivity index (χ2n) is 5.41. The third kappa shape index (κ3) is 4.89. The summed E-state index contributed by atoms with van der Waals surface area (Å²) in [6.07, 6.45) is 0. The second-order valence-corrected chi connectivity index (χ2v) is 5.85. The van der Waals surface area contributed by atoms with E-state index in [1.165, 1.54) is 0 Å². The first-order valence-electron chi connectivity index (χ1n) is 7.91. The molecule has 0 saturated carbocycles. The van der Waals surface area contributed by atoms with Gasteiger partial charge in [-0.3, -0.25) is 9.59 Å². The van der Waals surface area contributed by atoms with E-state index in [1.54, 1.807) is 43.3 Å². The maximum Gasteiger partial charge on any atom is 0.252 e. The van der Waals surface area contributed by atoms with Gasteiger partial charge in [-0.2, -0.15) is 0 Å². The van der Waals surface area contributed by atoms with Crippen LogP contribution < -0.4 is 10.2 Å². The van der Waals surface area contributed by atoms with Crippen molar-refractivity contribution >= 4 is 29.0 Å². The molecular weight excluding hydrogens is 340 g/mol. The Hall–Kier alpha value is -2.21. The smallest absolute Gasteiger partial charge is 0.252 e. The van der Waals surface area contributed by atoms with Crippen molar-refractivity contribution in [1.29, 1.82) is 0 Å². The quantitative estimate of drug-likeness (QED) is 0.581. The van der Waals surface area contributed by atoms with Gasteiger partial charge >= 0.3 is 0 Å². The largest absolute Gasteiger partial charge is 0.383 e. The molecule has 0 saturated heterocycles. The topological polar surface area (TPSA) is 58.6 Å². The number of rotatable bonds is 8. The van der Waals surface area contributed by atoms with Gasteiger partial charge in [0.15, 0.2) is 11.8 Å². The summed E-state index contributed by atoms with van der Waals surface area (Å²) in [6, 6.07) is 14.7. The van der Waals surface area contributed by atoms with Crippen LogP contribution in [0.4, 0.5) is 5.69 Å². The van der Waals surface area contributed by atoms with Gasteiger partial charge in [0.05, 0.1) is 6.61 Å². The summed E-state index contributed by atoms with van der Waals surface area (Å²) in [5.74, 6) is -0.631. The zero-order valence-corrected chi connectivity index (χ0v) is 15.0. The molecule has 1 atom stereocenters. The number of hydrogen-bond acceptors (Lipinski definition) is 4. The summed E-state index contributed by atoms with van der Waals surface area (Å²) in [5, 5.41) is 3.36. The zero-order valence-electron chi connectivity index (χ0n) is 14.2. The van der Waals surface area contributed by atoms with Crippen LogP contribution in [0.15, 0.2) is 54.6 Å². The molecule has 25 heavy (non-hydrogen) atoms. The molecule has 0 aliphatic carbocycles. The Labute approximate surface area is 152 Å². The van der Waals surface area contributed by atoms with Crippen LogP contribution >= 0.6 is 11.6 Å². The van der Waals surface area contributed by atoms with E-state index in [4.69, 9.17) is 16.3 Å². The van der Waals surface area contributed by atoms with Crippen LogP contribution in [-0.2, 0) is 9.53 Å². The number of ketones is 1. The number of Topliss-reactive ketones (excluding diaryl/α,β-unsaturated/α-hetero) is 1. The fourth-order valence-corrected chi connectivity index (χ4v) is 2.59. The number of para-hydroxylation sites is 1. The molecule has 0 spiro atoms. The number of nitrogens with one attached hydrogen (secondary N) is 1. The number of ether oxygens (including phenoxy) is 1. The van der Waals surface area contributed by atoms with E-state index in [0.717, 1.165) is 0 Å². The fourth-order valence-electron chi connectivity index (χ4n) is 2.46. The number of hydrogen-bond donors (Lipinski definition) is 1. The standard InChI is InChI=1S/C19H21ClN2O3/c1-21-17(18(23)14-8-10-15(20)11-9-14)19(24)22(12-13-25-2)16-6-4-3-5-7-16/h3-11,17,21H,12-13H2,1-2H3. The molecule has 0 bridgehead atoms. The second kappa shape index (κ2) is 9.32. The SMILES string of the molecule is CNC(C(=O)c1ccc(Cl)cc1)C(=O)N(CCOC)c1ccccc1. The predicted molar refractivity (Wildman–Crippen MR) is 99.3 cm³/mol. The number of methoxy groups -OCH3 is 1. The molecule has 2 rings (SSSR count). The molecule has 0 aromatic heterocycles. The van der Waals surface area contributed by atoms with E-state index < -0.39 is 6.04 Å². The Kier molecular flexibility index (Phi) is 7.13. The average Bonchev–Trinajstić information content (AvgIpc) is 2.64. The first kappa shape index (κ1) is 19.1. The average molecular weight is 361 g/mol. The summed E-state index contributed by atoms with van der Waals surface area (Å²) in [6.45, 7) is 0.720. The normalized spacial score (nSPS) is 11.8. The lowest BCUT2D eigenvalue weighted by Crippen LogP contribution is -2.50. The van der Waals surface area contributed by atoms with E-state index in [0.29, 0.717) is 29.4 Å². The number of carbonyl (C=O) groups excluding carboxylic acids is 2. The highest BCUT2D eigenvalue weighted by Gasteiger charge is 2.30. The van der Waals surface area contributed by atoms with Crippen molar-refractivity contribution in [1.82, 2.24) is 5.32 Å². The third-order valence-electron chi connectivity index (χ3n) is 3.78. The lowest BCUT2D eigenvalue weighted by Gasteiger charge is -2.26. The minimum absolute atomic E-state index is 0.303. The maximum atomic E-state index is 13.0. The van der Waals surface area contributed by atoms with E-state index in [2.05, 4.69) is 5.32 Å². The molecule has 2 aromatic carbocycles. The molecule has 0 heterocycles. The van der Waals surface area contributed by atoms with Crippen molar-refractivity contribution in [3.63, 3.8) is 0 Å². The van der Waals surface area contributed by atoms with Gasteiger partial charge in [0.25, 0.3) is 5.91 Å². The molecule has 0 aliphatic heterocycles.